The number of hydrogen-bond acceptors (Lipinski definition) is 3. The first-order valence-electron chi connectivity index (χ1n) is 9.14. The molecule has 2 atom stereocenters. The summed E-state index contributed by atoms with van der Waals surface area (Å²) in [7, 11) is 0. The number of aryl methyl sites for hydroxylation is 1. The first kappa shape index (κ1) is 20.6. The van der Waals surface area contributed by atoms with Crippen LogP contribution in [-0.4, -0.2) is 34.2 Å². The summed E-state index contributed by atoms with van der Waals surface area (Å²) >= 11 is 0. The zero-order valence-corrected chi connectivity index (χ0v) is 16.0. The van der Waals surface area contributed by atoms with Gasteiger partial charge in [0.1, 0.15) is 12.1 Å². The standard InChI is InChI=1S/C22H27NO4/c1-14(2)11-19(21(24)25)23-20(22(26)27)13-16-5-4-6-18(12-16)17-9-7-15(3)8-10-17/h4-10,12,14,19-20,23H,11,13H2,1-3H3,(H,24,25)(H,26,27). The lowest BCUT2D eigenvalue weighted by Crippen LogP contribution is -2.48. The summed E-state index contributed by atoms with van der Waals surface area (Å²) < 4.78 is 0. The fourth-order valence-corrected chi connectivity index (χ4v) is 3.03. The predicted octanol–water partition coefficient (Wildman–Crippen LogP) is 3.75. The van der Waals surface area contributed by atoms with Gasteiger partial charge in [0, 0.05) is 0 Å². The second-order valence-electron chi connectivity index (χ2n) is 7.35. The van der Waals surface area contributed by atoms with Crippen molar-refractivity contribution < 1.29 is 19.8 Å². The van der Waals surface area contributed by atoms with Crippen LogP contribution in [0.2, 0.25) is 0 Å². The molecule has 0 aliphatic carbocycles. The highest BCUT2D eigenvalue weighted by molar-refractivity contribution is 5.78. The summed E-state index contributed by atoms with van der Waals surface area (Å²) in [4.78, 5) is 23.1. The van der Waals surface area contributed by atoms with Gasteiger partial charge in [-0.25, -0.2) is 0 Å². The average Bonchev–Trinajstić information content (AvgIpc) is 2.60. The predicted molar refractivity (Wildman–Crippen MR) is 106 cm³/mol. The summed E-state index contributed by atoms with van der Waals surface area (Å²) in [6.45, 7) is 5.86. The smallest absolute Gasteiger partial charge is 0.321 e. The number of benzene rings is 2. The van der Waals surface area contributed by atoms with E-state index >= 15 is 0 Å². The Morgan fingerprint density at radius 2 is 1.56 bits per heavy atom. The summed E-state index contributed by atoms with van der Waals surface area (Å²) in [6, 6.07) is 14.0. The van der Waals surface area contributed by atoms with E-state index < -0.39 is 24.0 Å². The van der Waals surface area contributed by atoms with Crippen LogP contribution in [0.25, 0.3) is 11.1 Å². The molecule has 0 heterocycles. The Morgan fingerprint density at radius 3 is 2.11 bits per heavy atom. The van der Waals surface area contributed by atoms with E-state index in [4.69, 9.17) is 0 Å². The third-order valence-electron chi connectivity index (χ3n) is 4.46. The van der Waals surface area contributed by atoms with Crippen molar-refractivity contribution in [3.63, 3.8) is 0 Å². The van der Waals surface area contributed by atoms with Gasteiger partial charge < -0.3 is 10.2 Å². The van der Waals surface area contributed by atoms with Crippen molar-refractivity contribution >= 4 is 11.9 Å². The maximum absolute atomic E-state index is 11.7. The van der Waals surface area contributed by atoms with E-state index in [1.807, 2.05) is 69.3 Å². The number of carboxylic acids is 2. The fraction of sp³-hybridized carbons (Fsp3) is 0.364. The van der Waals surface area contributed by atoms with E-state index in [2.05, 4.69) is 5.32 Å². The normalized spacial score (nSPS) is 13.3. The molecule has 0 saturated carbocycles. The topological polar surface area (TPSA) is 86.6 Å². The van der Waals surface area contributed by atoms with E-state index in [-0.39, 0.29) is 12.3 Å². The Kier molecular flexibility index (Phi) is 7.13. The number of aliphatic carboxylic acids is 2. The molecule has 2 rings (SSSR count). The lowest BCUT2D eigenvalue weighted by molar-refractivity contribution is -0.142. The first-order valence-corrected chi connectivity index (χ1v) is 9.14. The van der Waals surface area contributed by atoms with Gasteiger partial charge in [-0.2, -0.15) is 0 Å². The maximum Gasteiger partial charge on any atom is 0.321 e. The molecule has 0 spiro atoms. The molecular formula is C22H27NO4. The summed E-state index contributed by atoms with van der Waals surface area (Å²) in [5.41, 5.74) is 4.09. The molecule has 5 nitrogen and oxygen atoms in total. The minimum absolute atomic E-state index is 0.151. The van der Waals surface area contributed by atoms with Crippen molar-refractivity contribution in [3.8, 4) is 11.1 Å². The van der Waals surface area contributed by atoms with E-state index in [1.54, 1.807) is 0 Å². The molecule has 144 valence electrons. The van der Waals surface area contributed by atoms with Gasteiger partial charge in [-0.05, 0) is 42.4 Å². The van der Waals surface area contributed by atoms with Gasteiger partial charge in [0.25, 0.3) is 0 Å². The Hall–Kier alpha value is -2.66. The molecule has 5 heteroatoms. The molecule has 0 aliphatic heterocycles. The van der Waals surface area contributed by atoms with Crippen LogP contribution in [0, 0.1) is 12.8 Å². The van der Waals surface area contributed by atoms with Crippen LogP contribution in [0.1, 0.15) is 31.4 Å². The molecule has 0 fully saturated rings. The zero-order chi connectivity index (χ0) is 20.0. The number of carbonyl (C=O) groups is 2. The van der Waals surface area contributed by atoms with Crippen LogP contribution < -0.4 is 5.32 Å². The first-order chi connectivity index (χ1) is 12.8. The highest BCUT2D eigenvalue weighted by Gasteiger charge is 2.26. The molecule has 2 unspecified atom stereocenters. The highest BCUT2D eigenvalue weighted by atomic mass is 16.4. The van der Waals surface area contributed by atoms with Crippen molar-refractivity contribution in [2.75, 3.05) is 0 Å². The lowest BCUT2D eigenvalue weighted by Gasteiger charge is -2.22. The van der Waals surface area contributed by atoms with Crippen LogP contribution in [0.5, 0.6) is 0 Å². The molecule has 0 radical (unpaired) electrons. The van der Waals surface area contributed by atoms with E-state index in [9.17, 15) is 19.8 Å². The Balaban J connectivity index is 2.18. The Morgan fingerprint density at radius 1 is 0.926 bits per heavy atom. The van der Waals surface area contributed by atoms with Crippen molar-refractivity contribution in [2.24, 2.45) is 5.92 Å². The summed E-state index contributed by atoms with van der Waals surface area (Å²) in [6.07, 6.45) is 0.597. The fourth-order valence-electron chi connectivity index (χ4n) is 3.03. The molecule has 0 aliphatic rings. The second-order valence-corrected chi connectivity index (χ2v) is 7.35. The van der Waals surface area contributed by atoms with Gasteiger partial charge in [-0.1, -0.05) is 67.9 Å². The van der Waals surface area contributed by atoms with Crippen LogP contribution in [-0.2, 0) is 16.0 Å². The molecule has 0 bridgehead atoms. The number of carboxylic acid groups (broad SMARTS) is 2. The van der Waals surface area contributed by atoms with Crippen molar-refractivity contribution in [1.82, 2.24) is 5.32 Å². The maximum atomic E-state index is 11.7. The average molecular weight is 369 g/mol. The van der Waals surface area contributed by atoms with E-state index in [1.165, 1.54) is 5.56 Å². The molecule has 2 aromatic carbocycles. The van der Waals surface area contributed by atoms with Gasteiger partial charge in [-0.15, -0.1) is 0 Å². The zero-order valence-electron chi connectivity index (χ0n) is 16.0. The van der Waals surface area contributed by atoms with Crippen LogP contribution in [0.3, 0.4) is 0 Å². The lowest BCUT2D eigenvalue weighted by atomic mass is 9.97. The third-order valence-corrected chi connectivity index (χ3v) is 4.46. The second kappa shape index (κ2) is 9.33. The monoisotopic (exact) mass is 369 g/mol. The molecule has 0 saturated heterocycles. The number of hydrogen-bond donors (Lipinski definition) is 3. The van der Waals surface area contributed by atoms with Crippen molar-refractivity contribution in [1.29, 1.82) is 0 Å². The van der Waals surface area contributed by atoms with Gasteiger partial charge in [-0.3, -0.25) is 14.9 Å². The van der Waals surface area contributed by atoms with Gasteiger partial charge in [0.15, 0.2) is 0 Å². The summed E-state index contributed by atoms with van der Waals surface area (Å²) in [5.74, 6) is -1.92. The largest absolute Gasteiger partial charge is 0.480 e. The van der Waals surface area contributed by atoms with Crippen molar-refractivity contribution in [3.05, 3.63) is 59.7 Å². The number of rotatable bonds is 9. The van der Waals surface area contributed by atoms with Gasteiger partial charge >= 0.3 is 11.9 Å². The third kappa shape index (κ3) is 6.22. The summed E-state index contributed by atoms with van der Waals surface area (Å²) in [5, 5.41) is 21.7. The SMILES string of the molecule is Cc1ccc(-c2cccc(CC(NC(CC(C)C)C(=O)O)C(=O)O)c2)cc1. The Bertz CT molecular complexity index is 783. The molecular weight excluding hydrogens is 342 g/mol. The molecule has 27 heavy (non-hydrogen) atoms. The van der Waals surface area contributed by atoms with Crippen LogP contribution in [0.4, 0.5) is 0 Å². The number of nitrogens with one attached hydrogen (secondary N) is 1. The van der Waals surface area contributed by atoms with E-state index in [0.717, 1.165) is 16.7 Å². The Labute approximate surface area is 160 Å². The molecule has 0 amide bonds. The minimum atomic E-state index is -1.05. The highest BCUT2D eigenvalue weighted by Crippen LogP contribution is 2.22. The van der Waals surface area contributed by atoms with Crippen molar-refractivity contribution in [2.45, 2.75) is 45.7 Å². The van der Waals surface area contributed by atoms with Crippen LogP contribution in [0.15, 0.2) is 48.5 Å². The quantitative estimate of drug-likeness (QED) is 0.627. The molecule has 3 N–H and O–H groups in total. The van der Waals surface area contributed by atoms with E-state index in [0.29, 0.717) is 6.42 Å². The van der Waals surface area contributed by atoms with Gasteiger partial charge in [0.2, 0.25) is 0 Å². The van der Waals surface area contributed by atoms with Crippen LogP contribution >= 0.6 is 0 Å². The minimum Gasteiger partial charge on any atom is -0.480 e. The molecule has 2 aromatic rings. The molecule has 0 aromatic heterocycles. The van der Waals surface area contributed by atoms with Gasteiger partial charge in [0.05, 0.1) is 0 Å².